The first-order valence-corrected chi connectivity index (χ1v) is 9.38. The van der Waals surface area contributed by atoms with Crippen LogP contribution in [0.2, 0.25) is 5.02 Å². The average molecular weight is 389 g/mol. The van der Waals surface area contributed by atoms with Gasteiger partial charge in [0.2, 0.25) is 0 Å². The van der Waals surface area contributed by atoms with Crippen LogP contribution in [0.3, 0.4) is 0 Å². The van der Waals surface area contributed by atoms with Crippen molar-refractivity contribution in [1.29, 1.82) is 0 Å². The molecule has 2 aromatic rings. The zero-order valence-electron chi connectivity index (χ0n) is 15.6. The maximum absolute atomic E-state index is 10.9. The quantitative estimate of drug-likeness (QED) is 0.282. The number of carbonyl (C=O) groups is 1. The molecule has 0 N–H and O–H groups in total. The lowest BCUT2D eigenvalue weighted by Gasteiger charge is -2.09. The number of esters is 1. The summed E-state index contributed by atoms with van der Waals surface area (Å²) in [6.07, 6.45) is 5.04. The molecule has 0 aliphatic rings. The Kier molecular flexibility index (Phi) is 8.72. The molecule has 4 nitrogen and oxygen atoms in total. The van der Waals surface area contributed by atoms with Gasteiger partial charge in [-0.05, 0) is 61.6 Å². The van der Waals surface area contributed by atoms with E-state index in [1.54, 1.807) is 13.2 Å². The van der Waals surface area contributed by atoms with Crippen LogP contribution in [-0.4, -0.2) is 26.3 Å². The first-order chi connectivity index (χ1) is 13.1. The Balaban J connectivity index is 1.70. The lowest BCUT2D eigenvalue weighted by Crippen LogP contribution is -2.02. The molecule has 0 aliphatic heterocycles. The zero-order valence-corrected chi connectivity index (χ0v) is 16.3. The van der Waals surface area contributed by atoms with Gasteiger partial charge in [0.15, 0.2) is 0 Å². The van der Waals surface area contributed by atoms with E-state index in [1.165, 1.54) is 6.08 Å². The van der Waals surface area contributed by atoms with Crippen LogP contribution in [0.5, 0.6) is 11.5 Å². The number of hydrogen-bond acceptors (Lipinski definition) is 4. The van der Waals surface area contributed by atoms with Gasteiger partial charge in [-0.1, -0.05) is 30.3 Å². The fourth-order valence-corrected chi connectivity index (χ4v) is 2.85. The van der Waals surface area contributed by atoms with Gasteiger partial charge in [-0.2, -0.15) is 0 Å². The summed E-state index contributed by atoms with van der Waals surface area (Å²) >= 11 is 6.32. The highest BCUT2D eigenvalue weighted by molar-refractivity contribution is 6.33. The third-order valence-electron chi connectivity index (χ3n) is 4.06. The summed E-state index contributed by atoms with van der Waals surface area (Å²) < 4.78 is 15.9. The first kappa shape index (κ1) is 20.8. The van der Waals surface area contributed by atoms with Gasteiger partial charge in [0.1, 0.15) is 11.5 Å². The van der Waals surface area contributed by atoms with Gasteiger partial charge in [0, 0.05) is 11.6 Å². The third kappa shape index (κ3) is 6.99. The van der Waals surface area contributed by atoms with Gasteiger partial charge in [0.05, 0.1) is 25.3 Å². The minimum atomic E-state index is -0.363. The largest absolute Gasteiger partial charge is 0.497 e. The lowest BCUT2D eigenvalue weighted by atomic mass is 10.1. The highest BCUT2D eigenvalue weighted by Gasteiger charge is 2.05. The second-order valence-electron chi connectivity index (χ2n) is 6.00. The minimum Gasteiger partial charge on any atom is -0.497 e. The van der Waals surface area contributed by atoms with E-state index in [-0.39, 0.29) is 5.97 Å². The summed E-state index contributed by atoms with van der Waals surface area (Å²) in [7, 11) is 1.62. The van der Waals surface area contributed by atoms with Crippen LogP contribution < -0.4 is 9.47 Å². The van der Waals surface area contributed by atoms with Crippen LogP contribution in [0.4, 0.5) is 0 Å². The second kappa shape index (κ2) is 11.3. The Hall–Kier alpha value is -2.46. The fourth-order valence-electron chi connectivity index (χ4n) is 2.57. The summed E-state index contributed by atoms with van der Waals surface area (Å²) in [6.45, 7) is 4.47. The number of benzene rings is 2. The topological polar surface area (TPSA) is 44.8 Å². The number of rotatable bonds is 11. The second-order valence-corrected chi connectivity index (χ2v) is 6.41. The molecule has 0 aromatic heterocycles. The molecule has 0 unspecified atom stereocenters. The van der Waals surface area contributed by atoms with E-state index < -0.39 is 0 Å². The number of ether oxygens (including phenoxy) is 3. The van der Waals surface area contributed by atoms with Crippen molar-refractivity contribution in [3.05, 3.63) is 60.1 Å². The molecule has 5 heteroatoms. The predicted molar refractivity (Wildman–Crippen MR) is 109 cm³/mol. The van der Waals surface area contributed by atoms with E-state index in [2.05, 4.69) is 6.58 Å². The van der Waals surface area contributed by atoms with Gasteiger partial charge < -0.3 is 14.2 Å². The van der Waals surface area contributed by atoms with Crippen molar-refractivity contribution in [3.8, 4) is 22.6 Å². The SMILES string of the molecule is C=CC(=O)OCCCCCCOc1ccc(-c2ccc(OC)cc2Cl)cc1. The molecule has 0 amide bonds. The Morgan fingerprint density at radius 1 is 1.00 bits per heavy atom. The van der Waals surface area contributed by atoms with E-state index in [0.717, 1.165) is 48.3 Å². The Labute approximate surface area is 165 Å². The summed E-state index contributed by atoms with van der Waals surface area (Å²) in [6, 6.07) is 13.5. The number of methoxy groups -OCH3 is 1. The molecule has 0 radical (unpaired) electrons. The Morgan fingerprint density at radius 2 is 1.67 bits per heavy atom. The van der Waals surface area contributed by atoms with E-state index >= 15 is 0 Å². The fraction of sp³-hybridized carbons (Fsp3) is 0.318. The summed E-state index contributed by atoms with van der Waals surface area (Å²) in [5.74, 6) is 1.21. The molecular formula is C22H25ClO4. The first-order valence-electron chi connectivity index (χ1n) is 9.00. The smallest absolute Gasteiger partial charge is 0.330 e. The van der Waals surface area contributed by atoms with Gasteiger partial charge >= 0.3 is 5.97 Å². The number of carbonyl (C=O) groups excluding carboxylic acids is 1. The van der Waals surface area contributed by atoms with Crippen LogP contribution in [0, 0.1) is 0 Å². The van der Waals surface area contributed by atoms with Crippen molar-refractivity contribution in [2.24, 2.45) is 0 Å². The number of hydrogen-bond donors (Lipinski definition) is 0. The molecule has 0 saturated carbocycles. The lowest BCUT2D eigenvalue weighted by molar-refractivity contribution is -0.137. The molecule has 0 atom stereocenters. The molecule has 0 fully saturated rings. The number of halogens is 1. The summed E-state index contributed by atoms with van der Waals surface area (Å²) in [5, 5.41) is 0.654. The molecule has 2 aromatic carbocycles. The van der Waals surface area contributed by atoms with Crippen molar-refractivity contribution in [1.82, 2.24) is 0 Å². The molecule has 144 valence electrons. The summed E-state index contributed by atoms with van der Waals surface area (Å²) in [5.41, 5.74) is 1.99. The Morgan fingerprint density at radius 3 is 2.30 bits per heavy atom. The molecule has 0 bridgehead atoms. The van der Waals surface area contributed by atoms with Crippen molar-refractivity contribution in [2.75, 3.05) is 20.3 Å². The standard InChI is InChI=1S/C22H25ClO4/c1-3-22(24)27-15-7-5-4-6-14-26-18-10-8-17(9-11-18)20-13-12-19(25-2)16-21(20)23/h3,8-13,16H,1,4-7,14-15H2,2H3. The highest BCUT2D eigenvalue weighted by atomic mass is 35.5. The molecule has 0 aliphatic carbocycles. The zero-order chi connectivity index (χ0) is 19.5. The van der Waals surface area contributed by atoms with E-state index in [0.29, 0.717) is 18.2 Å². The average Bonchev–Trinajstić information content (AvgIpc) is 2.70. The van der Waals surface area contributed by atoms with Crippen LogP contribution in [0.15, 0.2) is 55.1 Å². The third-order valence-corrected chi connectivity index (χ3v) is 4.37. The Bertz CT molecular complexity index is 740. The van der Waals surface area contributed by atoms with Gasteiger partial charge in [0.25, 0.3) is 0 Å². The maximum atomic E-state index is 10.9. The normalized spacial score (nSPS) is 10.3. The summed E-state index contributed by atoms with van der Waals surface area (Å²) in [4.78, 5) is 10.9. The highest BCUT2D eigenvalue weighted by Crippen LogP contribution is 2.32. The molecule has 0 saturated heterocycles. The van der Waals surface area contributed by atoms with Crippen LogP contribution in [0.25, 0.3) is 11.1 Å². The molecule has 0 heterocycles. The van der Waals surface area contributed by atoms with Crippen LogP contribution >= 0.6 is 11.6 Å². The van der Waals surface area contributed by atoms with Crippen molar-refractivity contribution in [3.63, 3.8) is 0 Å². The van der Waals surface area contributed by atoms with Gasteiger partial charge in [-0.15, -0.1) is 0 Å². The van der Waals surface area contributed by atoms with Gasteiger partial charge in [-0.25, -0.2) is 4.79 Å². The van der Waals surface area contributed by atoms with Crippen molar-refractivity contribution in [2.45, 2.75) is 25.7 Å². The van der Waals surface area contributed by atoms with E-state index in [4.69, 9.17) is 25.8 Å². The monoisotopic (exact) mass is 388 g/mol. The molecular weight excluding hydrogens is 364 g/mol. The van der Waals surface area contributed by atoms with Crippen molar-refractivity contribution < 1.29 is 19.0 Å². The maximum Gasteiger partial charge on any atom is 0.330 e. The predicted octanol–water partition coefficient (Wildman–Crippen LogP) is 5.68. The van der Waals surface area contributed by atoms with Crippen LogP contribution in [-0.2, 0) is 9.53 Å². The molecule has 2 rings (SSSR count). The van der Waals surface area contributed by atoms with Crippen molar-refractivity contribution >= 4 is 17.6 Å². The molecule has 27 heavy (non-hydrogen) atoms. The van der Waals surface area contributed by atoms with E-state index in [9.17, 15) is 4.79 Å². The number of unbranched alkanes of at least 4 members (excludes halogenated alkanes) is 3. The molecule has 0 spiro atoms. The van der Waals surface area contributed by atoms with E-state index in [1.807, 2.05) is 36.4 Å². The minimum absolute atomic E-state index is 0.363. The van der Waals surface area contributed by atoms with Crippen LogP contribution in [0.1, 0.15) is 25.7 Å². The van der Waals surface area contributed by atoms with Gasteiger partial charge in [-0.3, -0.25) is 0 Å².